The molecular weight excluding hydrogens is 426 g/mol. The highest BCUT2D eigenvalue weighted by atomic mass is 16.5. The number of anilines is 1. The van der Waals surface area contributed by atoms with Crippen molar-refractivity contribution < 1.29 is 19.4 Å². The summed E-state index contributed by atoms with van der Waals surface area (Å²) in [6.07, 6.45) is 10.5. The summed E-state index contributed by atoms with van der Waals surface area (Å²) >= 11 is 0. The summed E-state index contributed by atoms with van der Waals surface area (Å²) < 4.78 is 5.46. The molecule has 1 aliphatic heterocycles. The molecule has 4 rings (SSSR count). The second kappa shape index (κ2) is 11.1. The van der Waals surface area contributed by atoms with Crippen LogP contribution in [0, 0.1) is 0 Å². The van der Waals surface area contributed by atoms with Gasteiger partial charge in [0.05, 0.1) is 0 Å². The van der Waals surface area contributed by atoms with Crippen molar-refractivity contribution in [3.05, 3.63) is 95.2 Å². The van der Waals surface area contributed by atoms with Crippen LogP contribution < -0.4 is 4.90 Å². The zero-order valence-corrected chi connectivity index (χ0v) is 19.6. The first-order chi connectivity index (χ1) is 16.5. The Morgan fingerprint density at radius 2 is 1.82 bits per heavy atom. The molecule has 1 atom stereocenters. The van der Waals surface area contributed by atoms with E-state index in [-0.39, 0.29) is 5.78 Å². The van der Waals surface area contributed by atoms with Gasteiger partial charge in [0.15, 0.2) is 11.9 Å². The molecule has 1 N–H and O–H groups in total. The molecule has 0 fully saturated rings. The number of carboxylic acids is 1. The fourth-order valence-electron chi connectivity index (χ4n) is 4.44. The Bertz CT molecular complexity index is 1130. The smallest absolute Gasteiger partial charge is 0.333 e. The van der Waals surface area contributed by atoms with Crippen molar-refractivity contribution in [2.75, 3.05) is 18.1 Å². The highest BCUT2D eigenvalue weighted by Gasteiger charge is 2.21. The van der Waals surface area contributed by atoms with Gasteiger partial charge in [-0.2, -0.15) is 0 Å². The number of aliphatic carboxylic acids is 1. The summed E-state index contributed by atoms with van der Waals surface area (Å²) in [6, 6.07) is 16.5. The van der Waals surface area contributed by atoms with E-state index in [9.17, 15) is 14.7 Å². The average Bonchev–Trinajstić information content (AvgIpc) is 2.99. The van der Waals surface area contributed by atoms with Gasteiger partial charge in [-0.1, -0.05) is 55.5 Å². The van der Waals surface area contributed by atoms with Crippen LogP contribution in [0.15, 0.2) is 78.5 Å². The Labute approximate surface area is 201 Å². The van der Waals surface area contributed by atoms with Crippen molar-refractivity contribution in [3.8, 4) is 0 Å². The number of hydrogen-bond acceptors (Lipinski definition) is 4. The molecule has 1 aliphatic carbocycles. The molecule has 0 aromatic heterocycles. The number of para-hydroxylation sites is 1. The van der Waals surface area contributed by atoms with E-state index in [1.54, 1.807) is 6.08 Å². The maximum Gasteiger partial charge on any atom is 0.333 e. The number of hydrogen-bond donors (Lipinski definition) is 1. The third-order valence-electron chi connectivity index (χ3n) is 6.23. The zero-order chi connectivity index (χ0) is 23.9. The number of carbonyl (C=O) groups is 2. The highest BCUT2D eigenvalue weighted by molar-refractivity contribution is 6.03. The van der Waals surface area contributed by atoms with Gasteiger partial charge in [-0.15, -0.1) is 0 Å². The summed E-state index contributed by atoms with van der Waals surface area (Å²) in [5, 5.41) is 9.37. The number of benzene rings is 2. The second-order valence-electron chi connectivity index (χ2n) is 8.76. The quantitative estimate of drug-likeness (QED) is 0.520. The van der Waals surface area contributed by atoms with Gasteiger partial charge < -0.3 is 14.7 Å². The van der Waals surface area contributed by atoms with E-state index >= 15 is 0 Å². The van der Waals surface area contributed by atoms with Gasteiger partial charge in [0.1, 0.15) is 0 Å². The lowest BCUT2D eigenvalue weighted by Crippen LogP contribution is -2.26. The molecule has 5 nitrogen and oxygen atoms in total. The maximum atomic E-state index is 12.0. The van der Waals surface area contributed by atoms with Crippen LogP contribution in [0.5, 0.6) is 0 Å². The van der Waals surface area contributed by atoms with Crippen LogP contribution in [0.2, 0.25) is 0 Å². The van der Waals surface area contributed by atoms with Crippen molar-refractivity contribution >= 4 is 23.0 Å². The first-order valence-corrected chi connectivity index (χ1v) is 12.0. The minimum absolute atomic E-state index is 0.144. The van der Waals surface area contributed by atoms with Gasteiger partial charge in [0, 0.05) is 43.4 Å². The first-order valence-electron chi connectivity index (χ1n) is 12.0. The number of carbonyl (C=O) groups excluding carboxylic acids is 1. The zero-order valence-electron chi connectivity index (χ0n) is 19.6. The Morgan fingerprint density at radius 3 is 2.59 bits per heavy atom. The van der Waals surface area contributed by atoms with Gasteiger partial charge >= 0.3 is 5.97 Å². The number of rotatable bonds is 10. The molecule has 1 heterocycles. The van der Waals surface area contributed by atoms with E-state index in [0.717, 1.165) is 53.8 Å². The van der Waals surface area contributed by atoms with Crippen LogP contribution >= 0.6 is 0 Å². The lowest BCUT2D eigenvalue weighted by atomic mass is 9.90. The largest absolute Gasteiger partial charge is 0.479 e. The second-order valence-corrected chi connectivity index (χ2v) is 8.76. The fourth-order valence-corrected chi connectivity index (χ4v) is 4.44. The molecule has 0 radical (unpaired) electrons. The molecule has 0 saturated carbocycles. The molecule has 0 spiro atoms. The number of aryl methyl sites for hydroxylation is 1. The maximum absolute atomic E-state index is 12.0. The molecule has 2 aromatic rings. The Hall–Kier alpha value is -3.44. The molecule has 1 unspecified atom stereocenters. The summed E-state index contributed by atoms with van der Waals surface area (Å²) in [4.78, 5) is 25.7. The average molecular weight is 458 g/mol. The third-order valence-corrected chi connectivity index (χ3v) is 6.23. The molecular formula is C29H31NO4. The molecule has 2 aromatic carbocycles. The normalized spacial score (nSPS) is 15.7. The fraction of sp³-hybridized carbons (Fsp3) is 0.310. The third kappa shape index (κ3) is 5.72. The Kier molecular flexibility index (Phi) is 7.76. The van der Waals surface area contributed by atoms with E-state index in [4.69, 9.17) is 4.74 Å². The van der Waals surface area contributed by atoms with E-state index in [1.807, 2.05) is 37.3 Å². The molecule has 176 valence electrons. The summed E-state index contributed by atoms with van der Waals surface area (Å²) in [5.74, 6) is -0.773. The molecule has 5 heteroatoms. The number of ketones is 1. The summed E-state index contributed by atoms with van der Waals surface area (Å²) in [6.45, 7) is 3.28. The minimum Gasteiger partial charge on any atom is -0.479 e. The number of nitrogens with zero attached hydrogens (tertiary/aromatic N) is 1. The lowest BCUT2D eigenvalue weighted by Gasteiger charge is -2.23. The SMILES string of the molecule is CCCOC(Cc1ccc(CCCN2C=CC3=C(CC(=O)C=C3)c3ccccc32)cc1)C(=O)O. The van der Waals surface area contributed by atoms with Crippen LogP contribution in [-0.4, -0.2) is 36.1 Å². The molecule has 34 heavy (non-hydrogen) atoms. The number of ether oxygens (including phenoxy) is 1. The predicted octanol–water partition coefficient (Wildman–Crippen LogP) is 5.36. The van der Waals surface area contributed by atoms with E-state index in [2.05, 4.69) is 41.4 Å². The molecule has 2 aliphatic rings. The van der Waals surface area contributed by atoms with Gasteiger partial charge in [0.25, 0.3) is 0 Å². The van der Waals surface area contributed by atoms with Gasteiger partial charge in [0.2, 0.25) is 0 Å². The van der Waals surface area contributed by atoms with Crippen LogP contribution in [0.25, 0.3) is 5.57 Å². The predicted molar refractivity (Wildman–Crippen MR) is 135 cm³/mol. The first kappa shape index (κ1) is 23.7. The number of fused-ring (bicyclic) bond motifs is 2. The van der Waals surface area contributed by atoms with Crippen LogP contribution in [0.1, 0.15) is 42.9 Å². The molecule has 0 bridgehead atoms. The van der Waals surface area contributed by atoms with Crippen LogP contribution in [0.4, 0.5) is 5.69 Å². The monoisotopic (exact) mass is 457 g/mol. The van der Waals surface area contributed by atoms with Crippen LogP contribution in [-0.2, 0) is 27.2 Å². The van der Waals surface area contributed by atoms with E-state index in [0.29, 0.717) is 19.4 Å². The lowest BCUT2D eigenvalue weighted by molar-refractivity contribution is -0.150. The topological polar surface area (TPSA) is 66.8 Å². The van der Waals surface area contributed by atoms with E-state index < -0.39 is 12.1 Å². The summed E-state index contributed by atoms with van der Waals surface area (Å²) in [5.41, 5.74) is 6.66. The van der Waals surface area contributed by atoms with Crippen molar-refractivity contribution in [1.29, 1.82) is 0 Å². The van der Waals surface area contributed by atoms with Gasteiger partial charge in [-0.25, -0.2) is 4.79 Å². The van der Waals surface area contributed by atoms with Gasteiger partial charge in [-0.3, -0.25) is 4.79 Å². The standard InChI is InChI=1S/C29H31NO4/c1-2-18-34-28(29(32)33)19-22-11-9-21(10-12-22)6-5-16-30-17-15-23-13-14-24(31)20-26(23)25-7-3-4-8-27(25)30/h3-4,7-15,17,28H,2,5-6,16,18-20H2,1H3,(H,32,33). The Balaban J connectivity index is 1.37. The van der Waals surface area contributed by atoms with Crippen molar-refractivity contribution in [2.45, 2.75) is 45.1 Å². The van der Waals surface area contributed by atoms with Crippen molar-refractivity contribution in [3.63, 3.8) is 0 Å². The number of allylic oxidation sites excluding steroid dienone is 5. The van der Waals surface area contributed by atoms with E-state index in [1.165, 1.54) is 5.56 Å². The molecule has 0 saturated heterocycles. The molecule has 0 amide bonds. The van der Waals surface area contributed by atoms with Crippen molar-refractivity contribution in [2.24, 2.45) is 0 Å². The minimum atomic E-state index is -0.917. The highest BCUT2D eigenvalue weighted by Crippen LogP contribution is 2.37. The van der Waals surface area contributed by atoms with Crippen LogP contribution in [0.3, 0.4) is 0 Å². The van der Waals surface area contributed by atoms with Gasteiger partial charge in [-0.05, 0) is 59.8 Å². The Morgan fingerprint density at radius 1 is 1.06 bits per heavy atom. The van der Waals surface area contributed by atoms with Crippen molar-refractivity contribution in [1.82, 2.24) is 0 Å². The summed E-state index contributed by atoms with van der Waals surface area (Å²) in [7, 11) is 0. The number of carboxylic acid groups (broad SMARTS) is 1.